The van der Waals surface area contributed by atoms with Gasteiger partial charge in [-0.05, 0) is 65.2 Å². The molecule has 0 aliphatic carbocycles. The first-order valence-corrected chi connectivity index (χ1v) is 15.1. The van der Waals surface area contributed by atoms with E-state index in [1.165, 1.54) is 6.04 Å². The van der Waals surface area contributed by atoms with Gasteiger partial charge in [0, 0.05) is 13.2 Å². The third kappa shape index (κ3) is 10.5. The number of carbonyl (C=O) groups is 1. The zero-order valence-corrected chi connectivity index (χ0v) is 18.0. The van der Waals surface area contributed by atoms with E-state index in [1.807, 2.05) is 6.92 Å². The highest BCUT2D eigenvalue weighted by atomic mass is 28.4. The molecule has 0 rings (SSSR count). The third-order valence-corrected chi connectivity index (χ3v) is 7.02. The predicted octanol–water partition coefficient (Wildman–Crippen LogP) is 3.95. The molecule has 0 aliphatic rings. The van der Waals surface area contributed by atoms with Crippen molar-refractivity contribution >= 4 is 22.6 Å². The van der Waals surface area contributed by atoms with Crippen molar-refractivity contribution in [1.82, 2.24) is 4.90 Å². The van der Waals surface area contributed by atoms with Gasteiger partial charge in [-0.1, -0.05) is 13.8 Å². The van der Waals surface area contributed by atoms with Crippen LogP contribution in [0.1, 0.15) is 27.2 Å². The molecule has 0 spiro atoms. The molecule has 4 nitrogen and oxygen atoms in total. The molecule has 0 aromatic heterocycles. The van der Waals surface area contributed by atoms with E-state index < -0.39 is 16.6 Å². The summed E-state index contributed by atoms with van der Waals surface area (Å²) in [6.07, 6.45) is 1.14. The minimum atomic E-state index is -1.78. The lowest BCUT2D eigenvalue weighted by molar-refractivity contribution is -0.139. The summed E-state index contributed by atoms with van der Waals surface area (Å²) in [5.74, 6) is -0.0922. The largest absolute Gasteiger partial charge is 0.520 e. The summed E-state index contributed by atoms with van der Waals surface area (Å²) in [7, 11) is -3.27. The average molecular weight is 348 g/mol. The number of nitrogens with zero attached hydrogens (tertiary/aromatic N) is 1. The summed E-state index contributed by atoms with van der Waals surface area (Å²) in [4.78, 5) is 14.5. The molecule has 0 aliphatic heterocycles. The first-order valence-electron chi connectivity index (χ1n) is 8.60. The minimum Gasteiger partial charge on any atom is -0.520 e. The number of carbonyl (C=O) groups excluding carboxylic acids is 1. The van der Waals surface area contributed by atoms with Gasteiger partial charge in [-0.3, -0.25) is 4.79 Å². The Morgan fingerprint density at radius 2 is 1.73 bits per heavy atom. The van der Waals surface area contributed by atoms with Crippen LogP contribution < -0.4 is 0 Å². The van der Waals surface area contributed by atoms with Crippen molar-refractivity contribution in [3.8, 4) is 0 Å². The molecule has 0 aromatic rings. The van der Waals surface area contributed by atoms with Gasteiger partial charge < -0.3 is 13.8 Å². The van der Waals surface area contributed by atoms with Gasteiger partial charge in [0.2, 0.25) is 8.32 Å². The molecule has 0 amide bonds. The molecule has 0 heterocycles. The Labute approximate surface area is 139 Å². The number of hydrogen-bond donors (Lipinski definition) is 0. The van der Waals surface area contributed by atoms with E-state index >= 15 is 0 Å². The van der Waals surface area contributed by atoms with Crippen LogP contribution in [-0.4, -0.2) is 53.7 Å². The first kappa shape index (κ1) is 21.8. The SMILES string of the molecule is CCO[Si](C)(C)CCCN(CC)CC(C)C(=O)O[Si](C)(C)C. The third-order valence-electron chi connectivity index (χ3n) is 3.58. The highest BCUT2D eigenvalue weighted by molar-refractivity contribution is 6.71. The Kier molecular flexibility index (Phi) is 9.77. The van der Waals surface area contributed by atoms with Crippen LogP contribution in [0.5, 0.6) is 0 Å². The van der Waals surface area contributed by atoms with E-state index in [0.29, 0.717) is 0 Å². The Morgan fingerprint density at radius 1 is 1.14 bits per heavy atom. The molecule has 22 heavy (non-hydrogen) atoms. The molecule has 6 heteroatoms. The molecule has 0 N–H and O–H groups in total. The lowest BCUT2D eigenvalue weighted by atomic mass is 10.1. The predicted molar refractivity (Wildman–Crippen MR) is 99.2 cm³/mol. The van der Waals surface area contributed by atoms with Crippen molar-refractivity contribution in [3.05, 3.63) is 0 Å². The zero-order valence-electron chi connectivity index (χ0n) is 16.0. The Morgan fingerprint density at radius 3 is 2.18 bits per heavy atom. The molecule has 0 fully saturated rings. The molecule has 1 atom stereocenters. The Bertz CT molecular complexity index is 330. The van der Waals surface area contributed by atoms with Crippen molar-refractivity contribution in [2.24, 2.45) is 5.92 Å². The maximum Gasteiger partial charge on any atom is 0.296 e. The fraction of sp³-hybridized carbons (Fsp3) is 0.938. The minimum absolute atomic E-state index is 0.0402. The molecule has 132 valence electrons. The highest BCUT2D eigenvalue weighted by Gasteiger charge is 2.25. The summed E-state index contributed by atoms with van der Waals surface area (Å²) in [6, 6.07) is 1.17. The van der Waals surface area contributed by atoms with E-state index in [1.54, 1.807) is 0 Å². The molecule has 0 radical (unpaired) electrons. The summed E-state index contributed by atoms with van der Waals surface area (Å²) >= 11 is 0. The smallest absolute Gasteiger partial charge is 0.296 e. The van der Waals surface area contributed by atoms with Gasteiger partial charge in [0.25, 0.3) is 5.97 Å². The summed E-state index contributed by atoms with van der Waals surface area (Å²) in [5.41, 5.74) is 0. The molecule has 0 saturated heterocycles. The lowest BCUT2D eigenvalue weighted by Gasteiger charge is -2.27. The second-order valence-electron chi connectivity index (χ2n) is 7.62. The normalized spacial score (nSPS) is 14.2. The topological polar surface area (TPSA) is 38.8 Å². The van der Waals surface area contributed by atoms with Crippen molar-refractivity contribution < 1.29 is 13.6 Å². The van der Waals surface area contributed by atoms with Gasteiger partial charge in [-0.15, -0.1) is 0 Å². The van der Waals surface area contributed by atoms with Crippen LogP contribution in [0.2, 0.25) is 38.8 Å². The van der Waals surface area contributed by atoms with Crippen molar-refractivity contribution in [1.29, 1.82) is 0 Å². The molecule has 0 bridgehead atoms. The van der Waals surface area contributed by atoms with Gasteiger partial charge in [0.15, 0.2) is 8.32 Å². The van der Waals surface area contributed by atoms with Crippen molar-refractivity contribution in [2.45, 2.75) is 66.0 Å². The second-order valence-corrected chi connectivity index (χ2v) is 16.4. The van der Waals surface area contributed by atoms with Gasteiger partial charge >= 0.3 is 0 Å². The first-order chi connectivity index (χ1) is 10.0. The fourth-order valence-corrected chi connectivity index (χ4v) is 5.17. The van der Waals surface area contributed by atoms with E-state index in [2.05, 4.69) is 51.5 Å². The van der Waals surface area contributed by atoms with Crippen LogP contribution in [0.3, 0.4) is 0 Å². The van der Waals surface area contributed by atoms with Gasteiger partial charge in [-0.25, -0.2) is 0 Å². The van der Waals surface area contributed by atoms with Crippen LogP contribution in [0.4, 0.5) is 0 Å². The van der Waals surface area contributed by atoms with Gasteiger partial charge in [0.05, 0.1) is 5.92 Å². The van der Waals surface area contributed by atoms with Crippen LogP contribution in [0.25, 0.3) is 0 Å². The number of rotatable bonds is 11. The maximum atomic E-state index is 12.1. The van der Waals surface area contributed by atoms with Crippen molar-refractivity contribution in [3.63, 3.8) is 0 Å². The van der Waals surface area contributed by atoms with E-state index in [4.69, 9.17) is 8.85 Å². The lowest BCUT2D eigenvalue weighted by Crippen LogP contribution is -2.38. The second kappa shape index (κ2) is 9.85. The van der Waals surface area contributed by atoms with Gasteiger partial charge in [0.1, 0.15) is 0 Å². The summed E-state index contributed by atoms with van der Waals surface area (Å²) in [6.45, 7) is 20.5. The molecular weight excluding hydrogens is 310 g/mol. The average Bonchev–Trinajstić information content (AvgIpc) is 2.34. The quantitative estimate of drug-likeness (QED) is 0.530. The number of hydrogen-bond acceptors (Lipinski definition) is 4. The zero-order chi connectivity index (χ0) is 17.4. The molecule has 0 saturated carbocycles. The molecule has 0 aromatic carbocycles. The molecule has 1 unspecified atom stereocenters. The monoisotopic (exact) mass is 347 g/mol. The van der Waals surface area contributed by atoms with E-state index in [-0.39, 0.29) is 11.9 Å². The van der Waals surface area contributed by atoms with Crippen molar-refractivity contribution in [2.75, 3.05) is 26.2 Å². The maximum absolute atomic E-state index is 12.1. The van der Waals surface area contributed by atoms with Crippen LogP contribution in [0.15, 0.2) is 0 Å². The van der Waals surface area contributed by atoms with Crippen LogP contribution in [0, 0.1) is 5.92 Å². The summed E-state index contributed by atoms with van der Waals surface area (Å²) in [5, 5.41) is 0. The van der Waals surface area contributed by atoms with E-state index in [0.717, 1.165) is 32.7 Å². The van der Waals surface area contributed by atoms with Crippen LogP contribution in [-0.2, 0) is 13.6 Å². The van der Waals surface area contributed by atoms with Gasteiger partial charge in [-0.2, -0.15) is 0 Å². The summed E-state index contributed by atoms with van der Waals surface area (Å²) < 4.78 is 11.5. The van der Waals surface area contributed by atoms with E-state index in [9.17, 15) is 4.79 Å². The van der Waals surface area contributed by atoms with Crippen LogP contribution >= 0.6 is 0 Å². The Hall–Kier alpha value is -0.176. The highest BCUT2D eigenvalue weighted by Crippen LogP contribution is 2.15. The standard InChI is InChI=1S/C16H37NO3Si2/c1-9-17(12-11-13-22(7,8)19-10-2)14-15(3)16(18)20-21(4,5)6/h15H,9-14H2,1-8H3. The fourth-order valence-electron chi connectivity index (χ4n) is 2.43. The Balaban J connectivity index is 4.23. The molecular formula is C16H37NO3Si2.